The van der Waals surface area contributed by atoms with Gasteiger partial charge in [-0.25, -0.2) is 9.50 Å². The second kappa shape index (κ2) is 4.33. The van der Waals surface area contributed by atoms with E-state index in [0.29, 0.717) is 6.04 Å². The molecule has 1 fully saturated rings. The average Bonchev–Trinajstić information content (AvgIpc) is 2.79. The molecule has 2 aromatic rings. The zero-order valence-electron chi connectivity index (χ0n) is 9.71. The zero-order chi connectivity index (χ0) is 11.7. The summed E-state index contributed by atoms with van der Waals surface area (Å²) in [7, 11) is 0. The maximum Gasteiger partial charge on any atom is 0.157 e. The Morgan fingerprint density at radius 1 is 1.29 bits per heavy atom. The molecule has 1 aliphatic carbocycles. The Morgan fingerprint density at radius 3 is 3.06 bits per heavy atom. The summed E-state index contributed by atoms with van der Waals surface area (Å²) in [6.45, 7) is 0. The molecule has 17 heavy (non-hydrogen) atoms. The number of anilines is 1. The molecule has 1 aliphatic rings. The minimum absolute atomic E-state index is 0.242. The van der Waals surface area contributed by atoms with Crippen molar-refractivity contribution in [2.75, 3.05) is 5.32 Å². The van der Waals surface area contributed by atoms with Gasteiger partial charge >= 0.3 is 0 Å². The standard InChI is InChI=1S/C12H17N5/c13-9-3-1-2-4-10(9)15-11-6-8-17-12(16-11)5-7-14-17/h5-10H,1-4,13H2,(H,15,16). The van der Waals surface area contributed by atoms with Crippen molar-refractivity contribution in [3.05, 3.63) is 24.5 Å². The quantitative estimate of drug-likeness (QED) is 0.820. The molecule has 90 valence electrons. The number of hydrogen-bond acceptors (Lipinski definition) is 4. The van der Waals surface area contributed by atoms with Crippen LogP contribution in [0.25, 0.3) is 5.65 Å². The number of nitrogens with one attached hydrogen (secondary N) is 1. The van der Waals surface area contributed by atoms with Crippen LogP contribution in [0.15, 0.2) is 24.5 Å². The van der Waals surface area contributed by atoms with Crippen LogP contribution in [-0.4, -0.2) is 26.7 Å². The lowest BCUT2D eigenvalue weighted by molar-refractivity contribution is 0.403. The Balaban J connectivity index is 1.79. The van der Waals surface area contributed by atoms with Gasteiger partial charge in [-0.05, 0) is 18.9 Å². The van der Waals surface area contributed by atoms with Crippen molar-refractivity contribution in [2.45, 2.75) is 37.8 Å². The molecule has 2 heterocycles. The molecule has 0 bridgehead atoms. The van der Waals surface area contributed by atoms with E-state index in [1.807, 2.05) is 18.3 Å². The molecule has 3 N–H and O–H groups in total. The molecule has 2 aromatic heterocycles. The van der Waals surface area contributed by atoms with Crippen molar-refractivity contribution >= 4 is 11.5 Å². The summed E-state index contributed by atoms with van der Waals surface area (Å²) in [4.78, 5) is 4.50. The average molecular weight is 231 g/mol. The summed E-state index contributed by atoms with van der Waals surface area (Å²) in [6, 6.07) is 4.43. The second-order valence-corrected chi connectivity index (χ2v) is 4.65. The fraction of sp³-hybridized carbons (Fsp3) is 0.500. The predicted molar refractivity (Wildman–Crippen MR) is 66.8 cm³/mol. The molecule has 1 saturated carbocycles. The summed E-state index contributed by atoms with van der Waals surface area (Å²) in [5.74, 6) is 0.889. The van der Waals surface area contributed by atoms with Gasteiger partial charge in [0.2, 0.25) is 0 Å². The molecule has 0 amide bonds. The number of aromatic nitrogens is 3. The van der Waals surface area contributed by atoms with Gasteiger partial charge in [0.05, 0.1) is 6.20 Å². The fourth-order valence-corrected chi connectivity index (χ4v) is 2.42. The Hall–Kier alpha value is -1.62. The van der Waals surface area contributed by atoms with Crippen molar-refractivity contribution in [3.8, 4) is 0 Å². The van der Waals surface area contributed by atoms with Crippen LogP contribution in [-0.2, 0) is 0 Å². The molecule has 2 unspecified atom stereocenters. The third kappa shape index (κ3) is 2.10. The van der Waals surface area contributed by atoms with Gasteiger partial charge in [-0.15, -0.1) is 0 Å². The Kier molecular flexibility index (Phi) is 2.68. The largest absolute Gasteiger partial charge is 0.366 e. The molecule has 2 atom stereocenters. The minimum atomic E-state index is 0.242. The first-order chi connectivity index (χ1) is 8.33. The van der Waals surface area contributed by atoms with Crippen molar-refractivity contribution in [1.29, 1.82) is 0 Å². The van der Waals surface area contributed by atoms with E-state index >= 15 is 0 Å². The third-order valence-electron chi connectivity index (χ3n) is 3.41. The molecule has 0 radical (unpaired) electrons. The highest BCUT2D eigenvalue weighted by Crippen LogP contribution is 2.20. The van der Waals surface area contributed by atoms with Crippen LogP contribution < -0.4 is 11.1 Å². The molecule has 0 saturated heterocycles. The van der Waals surface area contributed by atoms with Crippen LogP contribution in [0.3, 0.4) is 0 Å². The summed E-state index contributed by atoms with van der Waals surface area (Å²) in [5, 5.41) is 7.56. The second-order valence-electron chi connectivity index (χ2n) is 4.65. The molecule has 0 aliphatic heterocycles. The van der Waals surface area contributed by atoms with Crippen LogP contribution in [0.1, 0.15) is 25.7 Å². The van der Waals surface area contributed by atoms with Gasteiger partial charge < -0.3 is 11.1 Å². The maximum atomic E-state index is 6.11. The highest BCUT2D eigenvalue weighted by atomic mass is 15.2. The van der Waals surface area contributed by atoms with E-state index in [1.165, 1.54) is 12.8 Å². The molecular formula is C12H17N5. The van der Waals surface area contributed by atoms with Gasteiger partial charge in [0.15, 0.2) is 5.65 Å². The molecule has 5 heteroatoms. The van der Waals surface area contributed by atoms with Crippen LogP contribution in [0.5, 0.6) is 0 Å². The van der Waals surface area contributed by atoms with Crippen molar-refractivity contribution in [1.82, 2.24) is 14.6 Å². The first-order valence-electron chi connectivity index (χ1n) is 6.15. The van der Waals surface area contributed by atoms with Crippen molar-refractivity contribution < 1.29 is 0 Å². The van der Waals surface area contributed by atoms with E-state index in [1.54, 1.807) is 10.7 Å². The number of nitrogens with two attached hydrogens (primary N) is 1. The van der Waals surface area contributed by atoms with Crippen molar-refractivity contribution in [2.24, 2.45) is 5.73 Å². The SMILES string of the molecule is NC1CCCCC1Nc1ccn2nccc2n1. The number of rotatable bonds is 2. The van der Waals surface area contributed by atoms with Crippen molar-refractivity contribution in [3.63, 3.8) is 0 Å². The lowest BCUT2D eigenvalue weighted by Gasteiger charge is -2.29. The van der Waals surface area contributed by atoms with Crippen LogP contribution >= 0.6 is 0 Å². The smallest absolute Gasteiger partial charge is 0.157 e. The first kappa shape index (κ1) is 10.5. The van der Waals surface area contributed by atoms with Crippen LogP contribution in [0.2, 0.25) is 0 Å². The molecule has 0 aromatic carbocycles. The summed E-state index contributed by atoms with van der Waals surface area (Å²) in [5.41, 5.74) is 6.97. The number of nitrogens with zero attached hydrogens (tertiary/aromatic N) is 3. The number of hydrogen-bond donors (Lipinski definition) is 2. The van der Waals surface area contributed by atoms with Gasteiger partial charge in [0, 0.05) is 24.3 Å². The monoisotopic (exact) mass is 231 g/mol. The van der Waals surface area contributed by atoms with E-state index in [2.05, 4.69) is 15.4 Å². The molecule has 5 nitrogen and oxygen atoms in total. The predicted octanol–water partition coefficient (Wildman–Crippen LogP) is 1.41. The lowest BCUT2D eigenvalue weighted by Crippen LogP contribution is -2.42. The van der Waals surface area contributed by atoms with Crippen LogP contribution in [0, 0.1) is 0 Å². The van der Waals surface area contributed by atoms with E-state index in [9.17, 15) is 0 Å². The molecular weight excluding hydrogens is 214 g/mol. The number of fused-ring (bicyclic) bond motifs is 1. The summed E-state index contributed by atoms with van der Waals surface area (Å²) >= 11 is 0. The molecule has 0 spiro atoms. The van der Waals surface area contributed by atoms with Gasteiger partial charge in [-0.3, -0.25) is 0 Å². The van der Waals surface area contributed by atoms with E-state index in [-0.39, 0.29) is 6.04 Å². The van der Waals surface area contributed by atoms with Gasteiger partial charge in [-0.1, -0.05) is 12.8 Å². The Labute approximate surface area is 100 Å². The lowest BCUT2D eigenvalue weighted by atomic mass is 9.91. The molecule has 3 rings (SSSR count). The Bertz CT molecular complexity index is 506. The van der Waals surface area contributed by atoms with Gasteiger partial charge in [0.25, 0.3) is 0 Å². The maximum absolute atomic E-state index is 6.11. The topological polar surface area (TPSA) is 68.2 Å². The van der Waals surface area contributed by atoms with E-state index in [0.717, 1.165) is 24.3 Å². The fourth-order valence-electron chi connectivity index (χ4n) is 2.42. The zero-order valence-corrected chi connectivity index (χ0v) is 9.71. The normalized spacial score (nSPS) is 25.0. The van der Waals surface area contributed by atoms with Crippen LogP contribution in [0.4, 0.5) is 5.82 Å². The summed E-state index contributed by atoms with van der Waals surface area (Å²) in [6.07, 6.45) is 8.39. The van der Waals surface area contributed by atoms with Gasteiger partial charge in [-0.2, -0.15) is 5.10 Å². The summed E-state index contributed by atoms with van der Waals surface area (Å²) < 4.78 is 1.76. The van der Waals surface area contributed by atoms with E-state index < -0.39 is 0 Å². The highest BCUT2D eigenvalue weighted by Gasteiger charge is 2.21. The van der Waals surface area contributed by atoms with E-state index in [4.69, 9.17) is 5.73 Å². The Morgan fingerprint density at radius 2 is 2.18 bits per heavy atom. The third-order valence-corrected chi connectivity index (χ3v) is 3.41. The first-order valence-corrected chi connectivity index (χ1v) is 6.15. The highest BCUT2D eigenvalue weighted by molar-refractivity contribution is 5.46. The van der Waals surface area contributed by atoms with Gasteiger partial charge in [0.1, 0.15) is 5.82 Å². The minimum Gasteiger partial charge on any atom is -0.366 e.